The van der Waals surface area contributed by atoms with Crippen LogP contribution in [0.15, 0.2) is 80.6 Å². The number of rotatable bonds is 5. The van der Waals surface area contributed by atoms with Crippen molar-refractivity contribution in [2.24, 2.45) is 0 Å². The van der Waals surface area contributed by atoms with E-state index < -0.39 is 0 Å². The van der Waals surface area contributed by atoms with Crippen LogP contribution in [0.2, 0.25) is 0 Å². The van der Waals surface area contributed by atoms with Crippen molar-refractivity contribution in [3.63, 3.8) is 0 Å². The highest BCUT2D eigenvalue weighted by Crippen LogP contribution is 2.29. The Kier molecular flexibility index (Phi) is 5.08. The van der Waals surface area contributed by atoms with Crippen molar-refractivity contribution < 1.29 is 4.42 Å². The molecule has 2 aromatic carbocycles. The lowest BCUT2D eigenvalue weighted by Gasteiger charge is -2.13. The van der Waals surface area contributed by atoms with Crippen LogP contribution in [0.25, 0.3) is 33.1 Å². The molecule has 0 spiro atoms. The molecule has 0 unspecified atom stereocenters. The number of thioether (sulfide) groups is 1. The number of benzene rings is 2. The molecule has 4 aromatic heterocycles. The van der Waals surface area contributed by atoms with Crippen LogP contribution in [0, 0.1) is 13.8 Å². The Labute approximate surface area is 202 Å². The molecule has 34 heavy (non-hydrogen) atoms. The Morgan fingerprint density at radius 2 is 1.94 bits per heavy atom. The molecule has 0 N–H and O–H groups in total. The zero-order valence-electron chi connectivity index (χ0n) is 18.4. The standard InChI is InChI=1S/C25H19N5O2S2/c1-15-9-10-16(2)20(12-15)29-23(31)18-6-3-4-7-19(18)30-24(29)27-28-25(30)34-14-17-13-32-22(26-17)21-8-5-11-33-21/h3-13H,14H2,1-2H3. The third kappa shape index (κ3) is 3.44. The summed E-state index contributed by atoms with van der Waals surface area (Å²) in [5.74, 6) is 1.66. The van der Waals surface area contributed by atoms with Crippen molar-refractivity contribution >= 4 is 39.8 Å². The van der Waals surface area contributed by atoms with E-state index in [1.807, 2.05) is 78.2 Å². The fourth-order valence-corrected chi connectivity index (χ4v) is 5.45. The molecule has 4 heterocycles. The average Bonchev–Trinajstić information content (AvgIpc) is 3.61. The van der Waals surface area contributed by atoms with Crippen LogP contribution >= 0.6 is 23.1 Å². The van der Waals surface area contributed by atoms with Crippen molar-refractivity contribution in [3.8, 4) is 16.5 Å². The van der Waals surface area contributed by atoms with E-state index in [-0.39, 0.29) is 5.56 Å². The van der Waals surface area contributed by atoms with Gasteiger partial charge in [-0.15, -0.1) is 21.5 Å². The van der Waals surface area contributed by atoms with Gasteiger partial charge in [-0.2, -0.15) is 0 Å². The number of thiophene rings is 1. The Morgan fingerprint density at radius 3 is 2.79 bits per heavy atom. The Bertz CT molecular complexity index is 1710. The smallest absolute Gasteiger partial charge is 0.267 e. The van der Waals surface area contributed by atoms with Crippen LogP contribution in [-0.4, -0.2) is 24.1 Å². The lowest BCUT2D eigenvalue weighted by Crippen LogP contribution is -2.22. The Morgan fingerprint density at radius 1 is 1.06 bits per heavy atom. The molecule has 0 bridgehead atoms. The lowest BCUT2D eigenvalue weighted by molar-refractivity contribution is 0.575. The summed E-state index contributed by atoms with van der Waals surface area (Å²) < 4.78 is 9.26. The second-order valence-electron chi connectivity index (χ2n) is 7.98. The van der Waals surface area contributed by atoms with Crippen molar-refractivity contribution in [2.45, 2.75) is 24.8 Å². The van der Waals surface area contributed by atoms with Crippen LogP contribution in [0.5, 0.6) is 0 Å². The molecular weight excluding hydrogens is 466 g/mol. The second kappa shape index (κ2) is 8.27. The fourth-order valence-electron chi connectivity index (χ4n) is 3.97. The van der Waals surface area contributed by atoms with Crippen molar-refractivity contribution in [2.75, 3.05) is 0 Å². The maximum absolute atomic E-state index is 13.6. The monoisotopic (exact) mass is 485 g/mol. The molecule has 168 valence electrons. The van der Waals surface area contributed by atoms with Gasteiger partial charge in [-0.25, -0.2) is 9.55 Å². The minimum Gasteiger partial charge on any atom is -0.444 e. The van der Waals surface area contributed by atoms with E-state index in [2.05, 4.69) is 15.2 Å². The summed E-state index contributed by atoms with van der Waals surface area (Å²) in [6.45, 7) is 4.01. The molecule has 0 fully saturated rings. The van der Waals surface area contributed by atoms with Crippen molar-refractivity contribution in [3.05, 3.63) is 93.4 Å². The van der Waals surface area contributed by atoms with Gasteiger partial charge in [-0.05, 0) is 54.6 Å². The maximum Gasteiger partial charge on any atom is 0.267 e. The SMILES string of the molecule is Cc1ccc(C)c(-n2c(=O)c3ccccc3n3c(SCc4coc(-c5cccs5)n4)nnc23)c1. The highest BCUT2D eigenvalue weighted by Gasteiger charge is 2.19. The number of oxazole rings is 1. The first-order chi connectivity index (χ1) is 16.6. The third-order valence-corrected chi connectivity index (χ3v) is 7.45. The largest absolute Gasteiger partial charge is 0.444 e. The molecule has 0 aliphatic heterocycles. The number of fused-ring (bicyclic) bond motifs is 3. The van der Waals surface area contributed by atoms with E-state index in [4.69, 9.17) is 4.42 Å². The minimum absolute atomic E-state index is 0.113. The van der Waals surface area contributed by atoms with Gasteiger partial charge in [0.1, 0.15) is 6.26 Å². The fraction of sp³-hybridized carbons (Fsp3) is 0.120. The summed E-state index contributed by atoms with van der Waals surface area (Å²) in [6, 6.07) is 17.6. The Balaban J connectivity index is 1.47. The Hall–Kier alpha value is -3.69. The van der Waals surface area contributed by atoms with Gasteiger partial charge in [-0.1, -0.05) is 42.1 Å². The van der Waals surface area contributed by atoms with Gasteiger partial charge in [0.25, 0.3) is 5.56 Å². The molecule has 6 rings (SSSR count). The van der Waals surface area contributed by atoms with Gasteiger partial charge in [0.05, 0.1) is 27.2 Å². The predicted octanol–water partition coefficient (Wildman–Crippen LogP) is 5.66. The van der Waals surface area contributed by atoms with Crippen LogP contribution < -0.4 is 5.56 Å². The van der Waals surface area contributed by atoms with E-state index in [1.54, 1.807) is 22.2 Å². The predicted molar refractivity (Wildman–Crippen MR) is 135 cm³/mol. The molecule has 6 aromatic rings. The molecule has 9 heteroatoms. The third-order valence-electron chi connectivity index (χ3n) is 5.63. The topological polar surface area (TPSA) is 78.2 Å². The average molecular weight is 486 g/mol. The summed E-state index contributed by atoms with van der Waals surface area (Å²) in [7, 11) is 0. The molecule has 0 saturated heterocycles. The quantitative estimate of drug-likeness (QED) is 0.293. The van der Waals surface area contributed by atoms with Gasteiger partial charge in [0, 0.05) is 5.75 Å². The van der Waals surface area contributed by atoms with Gasteiger partial charge in [0.2, 0.25) is 11.7 Å². The summed E-state index contributed by atoms with van der Waals surface area (Å²) in [4.78, 5) is 19.2. The van der Waals surface area contributed by atoms with Gasteiger partial charge in [0.15, 0.2) is 5.16 Å². The number of hydrogen-bond acceptors (Lipinski definition) is 7. The highest BCUT2D eigenvalue weighted by atomic mass is 32.2. The van der Waals surface area contributed by atoms with E-state index in [0.29, 0.717) is 28.0 Å². The molecule has 0 amide bonds. The molecule has 0 aliphatic rings. The number of para-hydroxylation sites is 1. The molecule has 0 aliphatic carbocycles. The number of nitrogens with zero attached hydrogens (tertiary/aromatic N) is 5. The van der Waals surface area contributed by atoms with Crippen LogP contribution in [0.3, 0.4) is 0 Å². The van der Waals surface area contributed by atoms with E-state index in [1.165, 1.54) is 11.8 Å². The minimum atomic E-state index is -0.113. The first-order valence-corrected chi connectivity index (χ1v) is 12.5. The maximum atomic E-state index is 13.6. The summed E-state index contributed by atoms with van der Waals surface area (Å²) >= 11 is 3.10. The zero-order valence-corrected chi connectivity index (χ0v) is 20.1. The van der Waals surface area contributed by atoms with Crippen molar-refractivity contribution in [1.82, 2.24) is 24.1 Å². The van der Waals surface area contributed by atoms with Crippen LogP contribution in [0.4, 0.5) is 0 Å². The van der Waals surface area contributed by atoms with Crippen LogP contribution in [-0.2, 0) is 5.75 Å². The highest BCUT2D eigenvalue weighted by molar-refractivity contribution is 7.98. The van der Waals surface area contributed by atoms with E-state index in [9.17, 15) is 4.79 Å². The summed E-state index contributed by atoms with van der Waals surface area (Å²) in [5.41, 5.74) is 4.35. The van der Waals surface area contributed by atoms with Gasteiger partial charge >= 0.3 is 0 Å². The van der Waals surface area contributed by atoms with E-state index in [0.717, 1.165) is 32.9 Å². The van der Waals surface area contributed by atoms with Gasteiger partial charge in [-0.3, -0.25) is 9.20 Å². The molecular formula is C25H19N5O2S2. The first-order valence-electron chi connectivity index (χ1n) is 10.7. The zero-order chi connectivity index (χ0) is 23.2. The van der Waals surface area contributed by atoms with Crippen molar-refractivity contribution in [1.29, 1.82) is 0 Å². The lowest BCUT2D eigenvalue weighted by atomic mass is 10.1. The first kappa shape index (κ1) is 20.9. The van der Waals surface area contributed by atoms with E-state index >= 15 is 0 Å². The van der Waals surface area contributed by atoms with Gasteiger partial charge < -0.3 is 4.42 Å². The number of hydrogen-bond donors (Lipinski definition) is 0. The van der Waals surface area contributed by atoms with Crippen LogP contribution in [0.1, 0.15) is 16.8 Å². The molecule has 0 saturated carbocycles. The molecule has 0 atom stereocenters. The normalized spacial score (nSPS) is 11.6. The number of aromatic nitrogens is 5. The molecule has 7 nitrogen and oxygen atoms in total. The second-order valence-corrected chi connectivity index (χ2v) is 9.87. The summed E-state index contributed by atoms with van der Waals surface area (Å²) in [6.07, 6.45) is 1.68. The number of aryl methyl sites for hydroxylation is 2. The summed E-state index contributed by atoms with van der Waals surface area (Å²) in [5, 5.41) is 12.2. The molecule has 0 radical (unpaired) electrons.